The first-order valence-corrected chi connectivity index (χ1v) is 10.8. The zero-order chi connectivity index (χ0) is 19.5. The van der Waals surface area contributed by atoms with Crippen molar-refractivity contribution in [3.05, 3.63) is 40.9 Å². The Morgan fingerprint density at radius 3 is 2.33 bits per heavy atom. The number of hydrogen-bond acceptors (Lipinski definition) is 3. The fraction of sp³-hybridized carbons (Fsp3) is 0.636. The number of aromatic amines is 1. The van der Waals surface area contributed by atoms with Crippen molar-refractivity contribution >= 4 is 12.2 Å². The Morgan fingerprint density at radius 2 is 1.74 bits per heavy atom. The van der Waals surface area contributed by atoms with Crippen LogP contribution in [0, 0.1) is 4.77 Å². The average molecular weight is 390 g/mol. The predicted molar refractivity (Wildman–Crippen MR) is 115 cm³/mol. The van der Waals surface area contributed by atoms with E-state index in [4.69, 9.17) is 17.0 Å². The van der Waals surface area contributed by atoms with Crippen LogP contribution in [0.5, 0.6) is 5.75 Å². The van der Waals surface area contributed by atoms with E-state index < -0.39 is 0 Å². The molecular weight excluding hydrogens is 354 g/mol. The van der Waals surface area contributed by atoms with Gasteiger partial charge >= 0.3 is 0 Å². The second-order valence-corrected chi connectivity index (χ2v) is 8.00. The van der Waals surface area contributed by atoms with Crippen LogP contribution in [0.15, 0.2) is 30.6 Å². The number of rotatable bonds is 13. The normalized spacial score (nSPS) is 13.4. The van der Waals surface area contributed by atoms with Crippen molar-refractivity contribution in [2.75, 3.05) is 7.11 Å². The molecule has 0 aliphatic heterocycles. The van der Waals surface area contributed by atoms with Gasteiger partial charge in [0.25, 0.3) is 0 Å². The Balaban J connectivity index is 1.96. The van der Waals surface area contributed by atoms with Crippen molar-refractivity contribution in [3.63, 3.8) is 0 Å². The summed E-state index contributed by atoms with van der Waals surface area (Å²) in [5.41, 5.74) is 0.985. The van der Waals surface area contributed by atoms with Gasteiger partial charge in [-0.15, -0.1) is 0 Å². The molecule has 0 fully saturated rings. The van der Waals surface area contributed by atoms with Crippen LogP contribution in [-0.2, 0) is 5.54 Å². The maximum absolute atomic E-state index is 5.48. The number of benzene rings is 1. The van der Waals surface area contributed by atoms with Gasteiger partial charge in [0, 0.05) is 0 Å². The maximum Gasteiger partial charge on any atom is 0.195 e. The monoisotopic (exact) mass is 389 g/mol. The van der Waals surface area contributed by atoms with E-state index in [1.54, 1.807) is 7.11 Å². The third kappa shape index (κ3) is 6.20. The van der Waals surface area contributed by atoms with Crippen LogP contribution >= 0.6 is 12.2 Å². The van der Waals surface area contributed by atoms with Gasteiger partial charge in [-0.25, -0.2) is 0 Å². The Morgan fingerprint density at radius 1 is 1.07 bits per heavy atom. The smallest absolute Gasteiger partial charge is 0.195 e. The Kier molecular flexibility index (Phi) is 9.05. The molecule has 1 atom stereocenters. The molecule has 0 saturated carbocycles. The number of hydrogen-bond donors (Lipinski definition) is 1. The number of ether oxygens (including phenoxy) is 1. The quantitative estimate of drug-likeness (QED) is 0.309. The van der Waals surface area contributed by atoms with Crippen molar-refractivity contribution in [1.29, 1.82) is 0 Å². The summed E-state index contributed by atoms with van der Waals surface area (Å²) in [6.07, 6.45) is 14.8. The zero-order valence-electron chi connectivity index (χ0n) is 17.2. The molecule has 0 aliphatic carbocycles. The van der Waals surface area contributed by atoms with Gasteiger partial charge in [0.2, 0.25) is 0 Å². The van der Waals surface area contributed by atoms with Crippen molar-refractivity contribution < 1.29 is 4.74 Å². The molecule has 0 radical (unpaired) electrons. The van der Waals surface area contributed by atoms with E-state index in [0.717, 1.165) is 12.2 Å². The van der Waals surface area contributed by atoms with Crippen LogP contribution < -0.4 is 4.74 Å². The summed E-state index contributed by atoms with van der Waals surface area (Å²) in [6.45, 7) is 4.52. The number of aromatic nitrogens is 3. The molecule has 0 bridgehead atoms. The fourth-order valence-corrected chi connectivity index (χ4v) is 4.04. The molecule has 0 spiro atoms. The molecule has 2 aromatic rings. The van der Waals surface area contributed by atoms with E-state index in [-0.39, 0.29) is 5.54 Å². The van der Waals surface area contributed by atoms with Gasteiger partial charge in [-0.05, 0) is 43.3 Å². The lowest BCUT2D eigenvalue weighted by atomic mass is 9.86. The third-order valence-electron chi connectivity index (χ3n) is 5.54. The van der Waals surface area contributed by atoms with E-state index in [9.17, 15) is 0 Å². The molecule has 2 rings (SSSR count). The van der Waals surface area contributed by atoms with Crippen LogP contribution in [0.1, 0.15) is 83.6 Å². The highest BCUT2D eigenvalue weighted by molar-refractivity contribution is 7.71. The van der Waals surface area contributed by atoms with Gasteiger partial charge in [0.15, 0.2) is 4.77 Å². The molecule has 0 saturated heterocycles. The summed E-state index contributed by atoms with van der Waals surface area (Å²) in [6, 6.07) is 8.30. The minimum Gasteiger partial charge on any atom is -0.497 e. The van der Waals surface area contributed by atoms with Crippen molar-refractivity contribution in [3.8, 4) is 5.75 Å². The molecule has 1 aromatic carbocycles. The molecule has 27 heavy (non-hydrogen) atoms. The summed E-state index contributed by atoms with van der Waals surface area (Å²) in [5.74, 6) is 0.876. The summed E-state index contributed by atoms with van der Waals surface area (Å²) >= 11 is 5.48. The number of methoxy groups -OCH3 is 1. The lowest BCUT2D eigenvalue weighted by Crippen LogP contribution is -2.31. The van der Waals surface area contributed by atoms with Crippen LogP contribution in [0.2, 0.25) is 0 Å². The molecule has 1 heterocycles. The fourth-order valence-electron chi connectivity index (χ4n) is 3.74. The number of nitrogens with zero attached hydrogens (tertiary/aromatic N) is 2. The summed E-state index contributed by atoms with van der Waals surface area (Å²) in [4.78, 5) is 0. The maximum atomic E-state index is 5.48. The highest BCUT2D eigenvalue weighted by Gasteiger charge is 2.29. The van der Waals surface area contributed by atoms with E-state index in [0.29, 0.717) is 4.77 Å². The van der Waals surface area contributed by atoms with Crippen molar-refractivity contribution in [2.45, 2.75) is 83.6 Å². The van der Waals surface area contributed by atoms with Gasteiger partial charge in [0.1, 0.15) is 12.1 Å². The first-order valence-electron chi connectivity index (χ1n) is 10.4. The third-order valence-corrected chi connectivity index (χ3v) is 5.83. The minimum absolute atomic E-state index is 0.222. The molecular formula is C22H35N3OS. The van der Waals surface area contributed by atoms with E-state index >= 15 is 0 Å². The zero-order valence-corrected chi connectivity index (χ0v) is 18.0. The van der Waals surface area contributed by atoms with Crippen LogP contribution in [-0.4, -0.2) is 21.9 Å². The Bertz CT molecular complexity index is 724. The summed E-state index contributed by atoms with van der Waals surface area (Å²) < 4.78 is 8.19. The first kappa shape index (κ1) is 21.7. The number of nitrogens with one attached hydrogen (secondary N) is 1. The van der Waals surface area contributed by atoms with Gasteiger partial charge in [-0.2, -0.15) is 5.10 Å². The highest BCUT2D eigenvalue weighted by Crippen LogP contribution is 2.34. The SMILES string of the molecule is CCCCCCCCCCCC(C)(c1cccc(OC)c1)n1cn[nH]c1=S. The van der Waals surface area contributed by atoms with E-state index in [2.05, 4.69) is 40.7 Å². The molecule has 1 unspecified atom stereocenters. The van der Waals surface area contributed by atoms with Crippen LogP contribution in [0.25, 0.3) is 0 Å². The number of H-pyrrole nitrogens is 1. The van der Waals surface area contributed by atoms with Gasteiger partial charge < -0.3 is 4.74 Å². The molecule has 4 nitrogen and oxygen atoms in total. The second-order valence-electron chi connectivity index (χ2n) is 7.62. The van der Waals surface area contributed by atoms with E-state index in [1.807, 2.05) is 18.5 Å². The summed E-state index contributed by atoms with van der Waals surface area (Å²) in [5, 5.41) is 7.06. The minimum atomic E-state index is -0.222. The van der Waals surface area contributed by atoms with Crippen molar-refractivity contribution in [1.82, 2.24) is 14.8 Å². The average Bonchev–Trinajstić information content (AvgIpc) is 3.13. The Hall–Kier alpha value is -1.62. The second kappa shape index (κ2) is 11.3. The van der Waals surface area contributed by atoms with Crippen LogP contribution in [0.3, 0.4) is 0 Å². The largest absolute Gasteiger partial charge is 0.497 e. The van der Waals surface area contributed by atoms with E-state index in [1.165, 1.54) is 63.4 Å². The first-order chi connectivity index (χ1) is 13.1. The molecule has 150 valence electrons. The highest BCUT2D eigenvalue weighted by atomic mass is 32.1. The molecule has 5 heteroatoms. The lowest BCUT2D eigenvalue weighted by Gasteiger charge is -2.32. The van der Waals surface area contributed by atoms with Gasteiger partial charge in [-0.3, -0.25) is 9.67 Å². The predicted octanol–water partition coefficient (Wildman–Crippen LogP) is 6.63. The van der Waals surface area contributed by atoms with Crippen molar-refractivity contribution in [2.24, 2.45) is 0 Å². The Labute approximate surface area is 169 Å². The standard InChI is InChI=1S/C22H35N3OS/c1-4-5-6-7-8-9-10-11-12-16-22(2,25-18-23-24-21(25)27)19-14-13-15-20(17-19)26-3/h13-15,17-18H,4-12,16H2,1-3H3,(H,24,27). The van der Waals surface area contributed by atoms with Crippen LogP contribution in [0.4, 0.5) is 0 Å². The summed E-state index contributed by atoms with van der Waals surface area (Å²) in [7, 11) is 1.71. The molecule has 0 amide bonds. The topological polar surface area (TPSA) is 42.8 Å². The molecule has 1 N–H and O–H groups in total. The van der Waals surface area contributed by atoms with Gasteiger partial charge in [0.05, 0.1) is 12.6 Å². The molecule has 0 aliphatic rings. The lowest BCUT2D eigenvalue weighted by molar-refractivity contribution is 0.338. The molecule has 1 aromatic heterocycles. The number of unbranched alkanes of at least 4 members (excludes halogenated alkanes) is 8. The van der Waals surface area contributed by atoms with Gasteiger partial charge in [-0.1, -0.05) is 76.8 Å².